The van der Waals surface area contributed by atoms with E-state index >= 15 is 4.39 Å². The standard InChI is InChI=1S/C29H35ClFN3O5S3/c1-6-9-14-41(37)32-19(4)22-17-28(35)33(5)18-25(22)23-16-27(34(40-7-2)42(38,39)8-3)26(31)15-24(23)29(36)20-10-12-21(30)13-11-20/h10-13,15-19,32H,6-9,14H2,1-5H3/t19-,41?/m0/s1. The molecule has 0 aliphatic heterocycles. The van der Waals surface area contributed by atoms with Crippen LogP contribution in [0.4, 0.5) is 10.1 Å². The second-order valence-electron chi connectivity index (χ2n) is 9.57. The summed E-state index contributed by atoms with van der Waals surface area (Å²) in [6.07, 6.45) is 3.13. The van der Waals surface area contributed by atoms with E-state index in [1.165, 1.54) is 42.0 Å². The van der Waals surface area contributed by atoms with Crippen molar-refractivity contribution in [2.45, 2.75) is 46.6 Å². The first-order valence-corrected chi connectivity index (χ1v) is 17.7. The number of carbonyl (C=O) groups excluding carboxylic acids is 1. The third kappa shape index (κ3) is 7.97. The van der Waals surface area contributed by atoms with E-state index < -0.39 is 39.0 Å². The number of ketones is 1. The molecule has 228 valence electrons. The summed E-state index contributed by atoms with van der Waals surface area (Å²) in [6, 6.07) is 9.27. The van der Waals surface area contributed by atoms with E-state index in [4.69, 9.17) is 11.6 Å². The Morgan fingerprint density at radius 2 is 1.83 bits per heavy atom. The predicted molar refractivity (Wildman–Crippen MR) is 172 cm³/mol. The summed E-state index contributed by atoms with van der Waals surface area (Å²) in [7, 11) is -2.36. The molecular weight excluding hydrogens is 621 g/mol. The maximum Gasteiger partial charge on any atom is 0.250 e. The average molecular weight is 656 g/mol. The van der Waals surface area contributed by atoms with Crippen molar-refractivity contribution >= 4 is 56.4 Å². The molecule has 42 heavy (non-hydrogen) atoms. The van der Waals surface area contributed by atoms with Gasteiger partial charge in [-0.25, -0.2) is 16.5 Å². The number of pyridine rings is 1. The number of halogens is 2. The highest BCUT2D eigenvalue weighted by atomic mass is 35.5. The third-order valence-corrected chi connectivity index (χ3v) is 11.2. The molecule has 0 fully saturated rings. The summed E-state index contributed by atoms with van der Waals surface area (Å²) in [5.41, 5.74) is 0.667. The van der Waals surface area contributed by atoms with Crippen LogP contribution in [0.25, 0.3) is 11.1 Å². The molecule has 0 bridgehead atoms. The lowest BCUT2D eigenvalue weighted by molar-refractivity contribution is 0.103. The summed E-state index contributed by atoms with van der Waals surface area (Å²) in [4.78, 5) is 26.6. The Kier molecular flexibility index (Phi) is 12.1. The lowest BCUT2D eigenvalue weighted by Gasteiger charge is -2.25. The van der Waals surface area contributed by atoms with Gasteiger partial charge in [0.1, 0.15) is 17.3 Å². The van der Waals surface area contributed by atoms with Crippen molar-refractivity contribution < 1.29 is 22.2 Å². The van der Waals surface area contributed by atoms with Crippen LogP contribution in [0.15, 0.2) is 53.5 Å². The van der Waals surface area contributed by atoms with Crippen molar-refractivity contribution in [2.75, 3.05) is 21.0 Å². The molecule has 2 atom stereocenters. The molecule has 0 aliphatic rings. The number of nitrogens with one attached hydrogen (secondary N) is 1. The first-order valence-electron chi connectivity index (χ1n) is 13.5. The first-order chi connectivity index (χ1) is 19.8. The lowest BCUT2D eigenvalue weighted by Crippen LogP contribution is -2.31. The number of rotatable bonds is 14. The largest absolute Gasteiger partial charge is 0.598 e. The van der Waals surface area contributed by atoms with Crippen LogP contribution < -0.4 is 14.0 Å². The number of aromatic nitrogens is 1. The zero-order valence-corrected chi connectivity index (χ0v) is 27.4. The van der Waals surface area contributed by atoms with Gasteiger partial charge < -0.3 is 9.12 Å². The summed E-state index contributed by atoms with van der Waals surface area (Å²) < 4.78 is 59.8. The number of benzene rings is 2. The van der Waals surface area contributed by atoms with Crippen LogP contribution in [0, 0.1) is 5.82 Å². The van der Waals surface area contributed by atoms with Gasteiger partial charge in [-0.3, -0.25) is 9.59 Å². The number of hydrogen-bond acceptors (Lipinski definition) is 7. The van der Waals surface area contributed by atoms with Crippen LogP contribution >= 0.6 is 23.5 Å². The molecule has 0 saturated carbocycles. The SMILES string of the molecule is CCCC[S+]([O-])N[C@@H](C)c1cc(=O)n(C)cc1-c1cc(N(SCC)S(=O)(=O)CC)c(F)cc1C(=O)c1ccc(Cl)cc1. The number of anilines is 1. The molecule has 0 aliphatic carbocycles. The molecule has 0 radical (unpaired) electrons. The summed E-state index contributed by atoms with van der Waals surface area (Å²) in [5.74, 6) is -0.926. The minimum atomic E-state index is -3.90. The molecule has 1 N–H and O–H groups in total. The van der Waals surface area contributed by atoms with E-state index in [0.29, 0.717) is 27.7 Å². The van der Waals surface area contributed by atoms with Crippen LogP contribution in [0.3, 0.4) is 0 Å². The fourth-order valence-electron chi connectivity index (χ4n) is 4.23. The quantitative estimate of drug-likeness (QED) is 0.129. The first kappa shape index (κ1) is 34.1. The molecule has 3 rings (SSSR count). The fourth-order valence-corrected chi connectivity index (χ4v) is 8.00. The normalized spacial score (nSPS) is 13.1. The monoisotopic (exact) mass is 655 g/mol. The zero-order valence-electron chi connectivity index (χ0n) is 24.1. The lowest BCUT2D eigenvalue weighted by atomic mass is 9.90. The van der Waals surface area contributed by atoms with Gasteiger partial charge >= 0.3 is 0 Å². The summed E-state index contributed by atoms with van der Waals surface area (Å²) in [5, 5.41) is 0.418. The van der Waals surface area contributed by atoms with E-state index in [1.54, 1.807) is 33.0 Å². The maximum atomic E-state index is 15.8. The number of nitrogens with zero attached hydrogens (tertiary/aromatic N) is 2. The maximum absolute atomic E-state index is 15.8. The molecule has 1 heterocycles. The van der Waals surface area contributed by atoms with Crippen LogP contribution in [0.2, 0.25) is 5.02 Å². The van der Waals surface area contributed by atoms with Gasteiger partial charge in [-0.05, 0) is 79.7 Å². The van der Waals surface area contributed by atoms with Gasteiger partial charge in [0, 0.05) is 58.1 Å². The van der Waals surface area contributed by atoms with Gasteiger partial charge in [0.05, 0.1) is 11.8 Å². The molecule has 1 aromatic heterocycles. The Morgan fingerprint density at radius 3 is 2.43 bits per heavy atom. The van der Waals surface area contributed by atoms with Crippen LogP contribution in [0.1, 0.15) is 68.1 Å². The number of carbonyl (C=O) groups is 1. The Labute approximate surface area is 259 Å². The van der Waals surface area contributed by atoms with E-state index in [1.807, 2.05) is 6.92 Å². The Hall–Kier alpha value is -2.35. The summed E-state index contributed by atoms with van der Waals surface area (Å²) >= 11 is 5.55. The van der Waals surface area contributed by atoms with Crippen LogP contribution in [-0.4, -0.2) is 40.6 Å². The molecule has 3 aromatic rings. The van der Waals surface area contributed by atoms with Crippen molar-refractivity contribution in [3.63, 3.8) is 0 Å². The summed E-state index contributed by atoms with van der Waals surface area (Å²) in [6.45, 7) is 6.95. The number of unbranched alkanes of at least 4 members (excludes halogenated alkanes) is 1. The zero-order chi connectivity index (χ0) is 31.2. The van der Waals surface area contributed by atoms with Crippen LogP contribution in [0.5, 0.6) is 0 Å². The molecular formula is C29H35ClFN3O5S3. The van der Waals surface area contributed by atoms with Crippen molar-refractivity contribution in [3.05, 3.63) is 86.5 Å². The second kappa shape index (κ2) is 14.9. The molecule has 8 nitrogen and oxygen atoms in total. The van der Waals surface area contributed by atoms with Crippen molar-refractivity contribution in [2.24, 2.45) is 7.05 Å². The van der Waals surface area contributed by atoms with Gasteiger partial charge in [0.15, 0.2) is 5.78 Å². The van der Waals surface area contributed by atoms with E-state index in [2.05, 4.69) is 4.72 Å². The Balaban J connectivity index is 2.35. The minimum Gasteiger partial charge on any atom is -0.598 e. The second-order valence-corrected chi connectivity index (χ2v) is 14.9. The van der Waals surface area contributed by atoms with Crippen molar-refractivity contribution in [3.8, 4) is 11.1 Å². The molecule has 0 saturated heterocycles. The van der Waals surface area contributed by atoms with E-state index in [0.717, 1.165) is 34.6 Å². The van der Waals surface area contributed by atoms with E-state index in [-0.39, 0.29) is 33.7 Å². The Bertz CT molecular complexity index is 1580. The average Bonchev–Trinajstić information content (AvgIpc) is 2.96. The van der Waals surface area contributed by atoms with Gasteiger partial charge in [0.25, 0.3) is 5.56 Å². The Morgan fingerprint density at radius 1 is 1.17 bits per heavy atom. The van der Waals surface area contributed by atoms with Crippen molar-refractivity contribution in [1.82, 2.24) is 9.29 Å². The van der Waals surface area contributed by atoms with Gasteiger partial charge in [0.2, 0.25) is 10.0 Å². The highest BCUT2D eigenvalue weighted by molar-refractivity contribution is 8.14. The number of sulfonamides is 1. The molecule has 13 heteroatoms. The minimum absolute atomic E-state index is 0.0341. The van der Waals surface area contributed by atoms with Crippen molar-refractivity contribution in [1.29, 1.82) is 0 Å². The fraction of sp³-hybridized carbons (Fsp3) is 0.379. The van der Waals surface area contributed by atoms with Gasteiger partial charge in [-0.2, -0.15) is 0 Å². The third-order valence-electron chi connectivity index (χ3n) is 6.51. The number of aryl methyl sites for hydroxylation is 1. The highest BCUT2D eigenvalue weighted by Crippen LogP contribution is 2.38. The molecule has 2 aromatic carbocycles. The molecule has 1 unspecified atom stereocenters. The topological polar surface area (TPSA) is 112 Å². The highest BCUT2D eigenvalue weighted by Gasteiger charge is 2.29. The van der Waals surface area contributed by atoms with Gasteiger partial charge in [-0.15, -0.1) is 4.72 Å². The van der Waals surface area contributed by atoms with Gasteiger partial charge in [-0.1, -0.05) is 31.9 Å². The smallest absolute Gasteiger partial charge is 0.250 e. The van der Waals surface area contributed by atoms with E-state index in [9.17, 15) is 22.6 Å². The van der Waals surface area contributed by atoms with Crippen LogP contribution in [-0.2, 0) is 28.4 Å². The molecule has 0 amide bonds. The number of hydrogen-bond donors (Lipinski definition) is 1. The molecule has 0 spiro atoms. The predicted octanol–water partition coefficient (Wildman–Crippen LogP) is 6.01.